The Balaban J connectivity index is 2.10. The van der Waals surface area contributed by atoms with Gasteiger partial charge < -0.3 is 5.11 Å². The summed E-state index contributed by atoms with van der Waals surface area (Å²) >= 11 is 1.67. The van der Waals surface area contributed by atoms with Gasteiger partial charge in [0.25, 0.3) is 0 Å². The summed E-state index contributed by atoms with van der Waals surface area (Å²) < 4.78 is 0. The van der Waals surface area contributed by atoms with Crippen molar-refractivity contribution in [3.8, 4) is 0 Å². The highest BCUT2D eigenvalue weighted by Crippen LogP contribution is 2.34. The lowest BCUT2D eigenvalue weighted by atomic mass is 9.82. The van der Waals surface area contributed by atoms with E-state index in [1.807, 2.05) is 24.5 Å². The molecule has 1 saturated carbocycles. The summed E-state index contributed by atoms with van der Waals surface area (Å²) in [6.45, 7) is 4.16. The fourth-order valence-corrected chi connectivity index (χ4v) is 3.50. The van der Waals surface area contributed by atoms with Crippen molar-refractivity contribution in [2.45, 2.75) is 38.2 Å². The Morgan fingerprint density at radius 3 is 2.50 bits per heavy atom. The first-order valence-electron chi connectivity index (χ1n) is 7.40. The van der Waals surface area contributed by atoms with Crippen molar-refractivity contribution in [2.75, 3.05) is 6.26 Å². The predicted octanol–water partition coefficient (Wildman–Crippen LogP) is 4.89. The lowest BCUT2D eigenvalue weighted by Crippen LogP contribution is -2.24. The van der Waals surface area contributed by atoms with E-state index < -0.39 is 6.10 Å². The number of aliphatic hydroxyl groups is 1. The van der Waals surface area contributed by atoms with Crippen molar-refractivity contribution in [3.05, 3.63) is 53.0 Å². The fourth-order valence-electron chi connectivity index (χ4n) is 2.86. The standard InChI is InChI=1S/C18H24OS/c1-14(18(19)16-11-7-4-8-12-16)17(20-2)13-15-9-5-3-6-10-15/h3,5-6,9-10,13,16,18-19H,1,4,7-8,11-12H2,2H3/b17-13-. The van der Waals surface area contributed by atoms with E-state index in [2.05, 4.69) is 24.8 Å². The van der Waals surface area contributed by atoms with Gasteiger partial charge >= 0.3 is 0 Å². The first-order chi connectivity index (χ1) is 9.72. The molecule has 0 bridgehead atoms. The zero-order valence-electron chi connectivity index (χ0n) is 12.2. The van der Waals surface area contributed by atoms with Crippen LogP contribution in [0.2, 0.25) is 0 Å². The zero-order valence-corrected chi connectivity index (χ0v) is 13.0. The molecule has 1 aromatic rings. The third-order valence-corrected chi connectivity index (χ3v) is 4.91. The summed E-state index contributed by atoms with van der Waals surface area (Å²) in [5.41, 5.74) is 2.04. The first kappa shape index (κ1) is 15.4. The van der Waals surface area contributed by atoms with Gasteiger partial charge in [0.15, 0.2) is 0 Å². The first-order valence-corrected chi connectivity index (χ1v) is 8.63. The van der Waals surface area contributed by atoms with Crippen LogP contribution < -0.4 is 0 Å². The van der Waals surface area contributed by atoms with E-state index in [-0.39, 0.29) is 0 Å². The topological polar surface area (TPSA) is 20.2 Å². The number of benzene rings is 1. The molecule has 1 fully saturated rings. The molecule has 1 N–H and O–H groups in total. The van der Waals surface area contributed by atoms with Crippen molar-refractivity contribution in [3.63, 3.8) is 0 Å². The molecule has 108 valence electrons. The number of thioether (sulfide) groups is 1. The van der Waals surface area contributed by atoms with Crippen LogP contribution in [0.15, 0.2) is 47.4 Å². The summed E-state index contributed by atoms with van der Waals surface area (Å²) in [5, 5.41) is 10.6. The largest absolute Gasteiger partial charge is 0.388 e. The van der Waals surface area contributed by atoms with Crippen molar-refractivity contribution >= 4 is 17.8 Å². The Labute approximate surface area is 126 Å². The normalized spacial score (nSPS) is 18.8. The molecule has 0 heterocycles. The second kappa shape index (κ2) is 7.70. The summed E-state index contributed by atoms with van der Waals surface area (Å²) in [7, 11) is 0. The van der Waals surface area contributed by atoms with Crippen molar-refractivity contribution in [1.82, 2.24) is 0 Å². The highest BCUT2D eigenvalue weighted by molar-refractivity contribution is 8.02. The van der Waals surface area contributed by atoms with Crippen molar-refractivity contribution in [2.24, 2.45) is 5.92 Å². The summed E-state index contributed by atoms with van der Waals surface area (Å²) in [4.78, 5) is 1.09. The Morgan fingerprint density at radius 1 is 1.25 bits per heavy atom. The third kappa shape index (κ3) is 4.00. The van der Waals surface area contributed by atoms with Crippen LogP contribution in [0.3, 0.4) is 0 Å². The van der Waals surface area contributed by atoms with Gasteiger partial charge in [-0.3, -0.25) is 0 Å². The van der Waals surface area contributed by atoms with Crippen molar-refractivity contribution in [1.29, 1.82) is 0 Å². The van der Waals surface area contributed by atoms with Crippen LogP contribution in [0.5, 0.6) is 0 Å². The molecule has 1 nitrogen and oxygen atoms in total. The maximum Gasteiger partial charge on any atom is 0.0823 e. The fraction of sp³-hybridized carbons (Fsp3) is 0.444. The van der Waals surface area contributed by atoms with E-state index in [4.69, 9.17) is 0 Å². The Bertz CT molecular complexity index is 458. The molecule has 2 rings (SSSR count). The number of hydrogen-bond acceptors (Lipinski definition) is 2. The van der Waals surface area contributed by atoms with Crippen LogP contribution in [0.1, 0.15) is 37.7 Å². The van der Waals surface area contributed by atoms with Gasteiger partial charge in [0.1, 0.15) is 0 Å². The lowest BCUT2D eigenvalue weighted by Gasteiger charge is -2.28. The predicted molar refractivity (Wildman–Crippen MR) is 89.7 cm³/mol. The van der Waals surface area contributed by atoms with Crippen LogP contribution in [0.25, 0.3) is 6.08 Å². The maximum absolute atomic E-state index is 10.6. The molecule has 1 unspecified atom stereocenters. The van der Waals surface area contributed by atoms with Crippen LogP contribution >= 0.6 is 11.8 Å². The third-order valence-electron chi connectivity index (χ3n) is 4.09. The van der Waals surface area contributed by atoms with Crippen LogP contribution in [-0.4, -0.2) is 17.5 Å². The zero-order chi connectivity index (χ0) is 14.4. The van der Waals surface area contributed by atoms with E-state index >= 15 is 0 Å². The van der Waals surface area contributed by atoms with Crippen LogP contribution in [0, 0.1) is 5.92 Å². The molecule has 0 amide bonds. The molecule has 1 aromatic carbocycles. The highest BCUT2D eigenvalue weighted by atomic mass is 32.2. The second-order valence-electron chi connectivity index (χ2n) is 5.49. The molecule has 1 aliphatic rings. The minimum Gasteiger partial charge on any atom is -0.388 e. The smallest absolute Gasteiger partial charge is 0.0823 e. The maximum atomic E-state index is 10.6. The van der Waals surface area contributed by atoms with E-state index in [9.17, 15) is 5.11 Å². The minimum atomic E-state index is -0.391. The lowest BCUT2D eigenvalue weighted by molar-refractivity contribution is 0.118. The monoisotopic (exact) mass is 288 g/mol. The SMILES string of the molecule is C=C(/C(=C/c1ccccc1)SC)C(O)C1CCCCC1. The molecule has 0 aliphatic heterocycles. The van der Waals surface area contributed by atoms with Gasteiger partial charge in [0, 0.05) is 4.91 Å². The van der Waals surface area contributed by atoms with Gasteiger partial charge in [0.2, 0.25) is 0 Å². The Hall–Kier alpha value is -0.990. The van der Waals surface area contributed by atoms with Gasteiger partial charge in [-0.2, -0.15) is 0 Å². The summed E-state index contributed by atoms with van der Waals surface area (Å²) in [6.07, 6.45) is 9.84. The Morgan fingerprint density at radius 2 is 1.90 bits per heavy atom. The number of rotatable bonds is 5. The second-order valence-corrected chi connectivity index (χ2v) is 6.34. The van der Waals surface area contributed by atoms with Gasteiger partial charge in [-0.05, 0) is 42.2 Å². The van der Waals surface area contributed by atoms with Crippen molar-refractivity contribution < 1.29 is 5.11 Å². The van der Waals surface area contributed by atoms with Gasteiger partial charge in [-0.15, -0.1) is 11.8 Å². The quantitative estimate of drug-likeness (QED) is 0.779. The average Bonchev–Trinajstić information content (AvgIpc) is 2.53. The van der Waals surface area contributed by atoms with E-state index in [1.165, 1.54) is 19.3 Å². The van der Waals surface area contributed by atoms with Gasteiger partial charge in [0.05, 0.1) is 6.10 Å². The van der Waals surface area contributed by atoms with E-state index in [0.29, 0.717) is 5.92 Å². The number of hydrogen-bond donors (Lipinski definition) is 1. The van der Waals surface area contributed by atoms with Gasteiger partial charge in [-0.25, -0.2) is 0 Å². The molecule has 1 atom stereocenters. The van der Waals surface area contributed by atoms with E-state index in [0.717, 1.165) is 28.9 Å². The summed E-state index contributed by atoms with van der Waals surface area (Å²) in [6, 6.07) is 10.2. The highest BCUT2D eigenvalue weighted by Gasteiger charge is 2.25. The van der Waals surface area contributed by atoms with E-state index in [1.54, 1.807) is 11.8 Å². The molecule has 1 aliphatic carbocycles. The Kier molecular flexibility index (Phi) is 5.93. The molecule has 0 spiro atoms. The minimum absolute atomic E-state index is 0.391. The molecule has 0 saturated heterocycles. The average molecular weight is 288 g/mol. The molecule has 0 aromatic heterocycles. The molecule has 2 heteroatoms. The molecular weight excluding hydrogens is 264 g/mol. The molecule has 0 radical (unpaired) electrons. The number of aliphatic hydroxyl groups excluding tert-OH is 1. The summed E-state index contributed by atoms with van der Waals surface area (Å²) in [5.74, 6) is 0.391. The van der Waals surface area contributed by atoms with Crippen LogP contribution in [-0.2, 0) is 0 Å². The van der Waals surface area contributed by atoms with Crippen LogP contribution in [0.4, 0.5) is 0 Å². The molecular formula is C18H24OS. The molecule has 20 heavy (non-hydrogen) atoms. The van der Waals surface area contributed by atoms with Gasteiger partial charge in [-0.1, -0.05) is 56.2 Å².